The second kappa shape index (κ2) is 11.4. The van der Waals surface area contributed by atoms with Gasteiger partial charge in [0, 0.05) is 25.0 Å². The number of hydrogen-bond donors (Lipinski definition) is 2. The maximum absolute atomic E-state index is 13.7. The number of carbonyl (C=O) groups is 1. The van der Waals surface area contributed by atoms with E-state index in [4.69, 9.17) is 11.6 Å². The molecule has 2 heterocycles. The molecule has 38 heavy (non-hydrogen) atoms. The van der Waals surface area contributed by atoms with Gasteiger partial charge in [0.2, 0.25) is 0 Å². The molecule has 0 radical (unpaired) electrons. The fourth-order valence-corrected chi connectivity index (χ4v) is 3.89. The van der Waals surface area contributed by atoms with E-state index in [0.717, 1.165) is 17.7 Å². The van der Waals surface area contributed by atoms with Gasteiger partial charge in [-0.2, -0.15) is 17.6 Å². The predicted octanol–water partition coefficient (Wildman–Crippen LogP) is 6.07. The van der Waals surface area contributed by atoms with Gasteiger partial charge in [-0.25, -0.2) is 9.78 Å². The molecule has 2 amide bonds. The number of pyridine rings is 1. The Balaban J connectivity index is 1.84. The predicted molar refractivity (Wildman–Crippen MR) is 132 cm³/mol. The molecule has 2 aromatic heterocycles. The van der Waals surface area contributed by atoms with Crippen LogP contribution in [0.5, 0.6) is 5.75 Å². The van der Waals surface area contributed by atoms with Crippen LogP contribution in [0.2, 0.25) is 5.02 Å². The van der Waals surface area contributed by atoms with Gasteiger partial charge in [0.1, 0.15) is 11.3 Å². The van der Waals surface area contributed by atoms with E-state index < -0.39 is 29.9 Å². The molecule has 0 saturated heterocycles. The van der Waals surface area contributed by atoms with E-state index in [9.17, 15) is 22.4 Å². The number of ether oxygens (including phenoxy) is 1. The minimum Gasteiger partial charge on any atom is -0.428 e. The zero-order valence-electron chi connectivity index (χ0n) is 19.5. The molecule has 0 aliphatic rings. The average Bonchev–Trinajstić information content (AvgIpc) is 2.89. The van der Waals surface area contributed by atoms with E-state index >= 15 is 0 Å². The van der Waals surface area contributed by atoms with Crippen LogP contribution in [0.4, 0.5) is 28.2 Å². The number of hydrogen-bond acceptors (Lipinski definition) is 5. The Morgan fingerprint density at radius 2 is 1.76 bits per heavy atom. The third-order valence-corrected chi connectivity index (χ3v) is 5.67. The van der Waals surface area contributed by atoms with Crippen molar-refractivity contribution in [3.63, 3.8) is 0 Å². The van der Waals surface area contributed by atoms with Crippen LogP contribution in [-0.4, -0.2) is 33.5 Å². The van der Waals surface area contributed by atoms with E-state index in [1.54, 1.807) is 42.5 Å². The third-order valence-electron chi connectivity index (χ3n) is 5.44. The fourth-order valence-electron chi connectivity index (χ4n) is 3.78. The number of benzene rings is 2. The molecule has 0 aliphatic carbocycles. The highest BCUT2D eigenvalue weighted by Crippen LogP contribution is 2.36. The molecule has 0 unspecified atom stereocenters. The van der Waals surface area contributed by atoms with Crippen molar-refractivity contribution in [2.75, 3.05) is 5.32 Å². The van der Waals surface area contributed by atoms with Crippen molar-refractivity contribution in [2.24, 2.45) is 0 Å². The lowest BCUT2D eigenvalue weighted by molar-refractivity contribution is -0.253. The van der Waals surface area contributed by atoms with Gasteiger partial charge in [-0.15, -0.1) is 0 Å². The lowest BCUT2D eigenvalue weighted by Gasteiger charge is -2.35. The van der Waals surface area contributed by atoms with Gasteiger partial charge in [0.25, 0.3) is 0 Å². The van der Waals surface area contributed by atoms with Gasteiger partial charge in [-0.05, 0) is 35.4 Å². The molecule has 0 bridgehead atoms. The number of carbonyl (C=O) groups excluding carboxylic acids is 1. The number of urea groups is 1. The minimum atomic E-state index is -4.73. The van der Waals surface area contributed by atoms with Crippen molar-refractivity contribution in [1.29, 1.82) is 0 Å². The zero-order valence-corrected chi connectivity index (χ0v) is 20.2. The Labute approximate surface area is 219 Å². The van der Waals surface area contributed by atoms with E-state index in [2.05, 4.69) is 30.3 Å². The number of rotatable bonds is 9. The topological polar surface area (TPSA) is 89.0 Å². The summed E-state index contributed by atoms with van der Waals surface area (Å²) in [6.45, 7) is 0. The largest absolute Gasteiger partial charge is 0.461 e. The summed E-state index contributed by atoms with van der Waals surface area (Å²) in [7, 11) is 0. The van der Waals surface area contributed by atoms with Crippen LogP contribution in [-0.2, 0) is 12.0 Å². The van der Waals surface area contributed by atoms with E-state index in [1.807, 2.05) is 0 Å². The third kappa shape index (κ3) is 6.35. The van der Waals surface area contributed by atoms with Gasteiger partial charge in [0.15, 0.2) is 5.82 Å². The first kappa shape index (κ1) is 26.8. The molecule has 2 aromatic carbocycles. The normalized spacial score (nSPS) is 13.0. The molecule has 7 nitrogen and oxygen atoms in total. The Hall–Kier alpha value is -4.25. The van der Waals surface area contributed by atoms with Gasteiger partial charge >= 0.3 is 18.6 Å². The summed E-state index contributed by atoms with van der Waals surface area (Å²) in [6.07, 6.45) is -3.17. The smallest absolute Gasteiger partial charge is 0.428 e. The first-order chi connectivity index (χ1) is 18.2. The monoisotopic (exact) mass is 545 g/mol. The fraction of sp³-hybridized carbons (Fsp3) is 0.154. The molecule has 0 spiro atoms. The molecule has 1 atom stereocenters. The summed E-state index contributed by atoms with van der Waals surface area (Å²) in [5.41, 5.74) is -0.239. The highest BCUT2D eigenvalue weighted by molar-refractivity contribution is 6.30. The average molecular weight is 546 g/mol. The lowest BCUT2D eigenvalue weighted by atomic mass is 9.80. The number of anilines is 1. The second-order valence-corrected chi connectivity index (χ2v) is 8.53. The van der Waals surface area contributed by atoms with Crippen LogP contribution in [0.1, 0.15) is 16.8 Å². The summed E-state index contributed by atoms with van der Waals surface area (Å²) < 4.78 is 57.5. The zero-order chi connectivity index (χ0) is 27.2. The molecular weight excluding hydrogens is 526 g/mol. The van der Waals surface area contributed by atoms with Crippen molar-refractivity contribution in [3.05, 3.63) is 113 Å². The van der Waals surface area contributed by atoms with Crippen molar-refractivity contribution in [1.82, 2.24) is 20.3 Å². The number of aromatic nitrogens is 3. The van der Waals surface area contributed by atoms with Crippen LogP contribution in [0.15, 0.2) is 91.5 Å². The first-order valence-corrected chi connectivity index (χ1v) is 11.5. The molecule has 2 N–H and O–H groups in total. The SMILES string of the molecule is O=C(Nc1cnccn1)N[C@@](Cc1ccccc1)(c1cccc(OC(F)(F)C(F)F)c1)c1ccc(Cl)cn1. The summed E-state index contributed by atoms with van der Waals surface area (Å²) in [6, 6.07) is 16.5. The molecule has 0 saturated carbocycles. The second-order valence-electron chi connectivity index (χ2n) is 8.09. The molecular formula is C26H20ClF4N5O2. The molecule has 0 fully saturated rings. The first-order valence-electron chi connectivity index (χ1n) is 11.1. The lowest BCUT2D eigenvalue weighted by Crippen LogP contribution is -2.50. The van der Waals surface area contributed by atoms with E-state index in [1.165, 1.54) is 36.9 Å². The highest BCUT2D eigenvalue weighted by Gasteiger charge is 2.44. The Kier molecular flexibility index (Phi) is 8.06. The molecule has 196 valence electrons. The van der Waals surface area contributed by atoms with Crippen molar-refractivity contribution >= 4 is 23.4 Å². The molecule has 0 aliphatic heterocycles. The number of nitrogens with one attached hydrogen (secondary N) is 2. The molecule has 4 rings (SSSR count). The number of amides is 2. The summed E-state index contributed by atoms with van der Waals surface area (Å²) in [4.78, 5) is 25.6. The van der Waals surface area contributed by atoms with E-state index in [0.29, 0.717) is 5.02 Å². The quantitative estimate of drug-likeness (QED) is 0.249. The van der Waals surface area contributed by atoms with Crippen molar-refractivity contribution in [2.45, 2.75) is 24.5 Å². The Bertz CT molecular complexity index is 1370. The summed E-state index contributed by atoms with van der Waals surface area (Å²) in [5, 5.41) is 5.77. The van der Waals surface area contributed by atoms with Crippen LogP contribution in [0.3, 0.4) is 0 Å². The van der Waals surface area contributed by atoms with E-state index in [-0.39, 0.29) is 23.5 Å². The Morgan fingerprint density at radius 3 is 2.42 bits per heavy atom. The van der Waals surface area contributed by atoms with Crippen LogP contribution in [0, 0.1) is 0 Å². The van der Waals surface area contributed by atoms with Gasteiger partial charge < -0.3 is 10.1 Å². The Morgan fingerprint density at radius 1 is 0.974 bits per heavy atom. The molecule has 12 heteroatoms. The number of nitrogens with zero attached hydrogens (tertiary/aromatic N) is 3. The minimum absolute atomic E-state index is 0.0883. The summed E-state index contributed by atoms with van der Waals surface area (Å²) >= 11 is 6.06. The van der Waals surface area contributed by atoms with Gasteiger partial charge in [-0.3, -0.25) is 15.3 Å². The van der Waals surface area contributed by atoms with Crippen LogP contribution < -0.4 is 15.4 Å². The van der Waals surface area contributed by atoms with Gasteiger partial charge in [0.05, 0.1) is 16.9 Å². The van der Waals surface area contributed by atoms with Gasteiger partial charge in [-0.1, -0.05) is 54.1 Å². The maximum atomic E-state index is 13.7. The van der Waals surface area contributed by atoms with Crippen LogP contribution in [0.25, 0.3) is 0 Å². The number of halogens is 5. The van der Waals surface area contributed by atoms with Crippen molar-refractivity contribution in [3.8, 4) is 5.75 Å². The van der Waals surface area contributed by atoms with Crippen molar-refractivity contribution < 1.29 is 27.1 Å². The maximum Gasteiger partial charge on any atom is 0.461 e. The summed E-state index contributed by atoms with van der Waals surface area (Å²) in [5.74, 6) is -0.383. The number of alkyl halides is 4. The standard InChI is InChI=1S/C26H20ClF4N5O2/c27-19-9-10-21(34-15-19)25(14-17-5-2-1-3-6-17,36-24(37)35-22-16-32-11-12-33-22)18-7-4-8-20(13-18)38-26(30,31)23(28)29/h1-13,15-16,23H,14H2,(H2,33,35,36,37)/t25-/m0/s1. The highest BCUT2D eigenvalue weighted by atomic mass is 35.5. The van der Waals surface area contributed by atoms with Crippen LogP contribution >= 0.6 is 11.6 Å². The molecule has 4 aromatic rings.